The predicted molar refractivity (Wildman–Crippen MR) is 114 cm³/mol. The van der Waals surface area contributed by atoms with Crippen LogP contribution in [-0.2, 0) is 4.79 Å². The fourth-order valence-corrected chi connectivity index (χ4v) is 4.49. The second-order valence-electron chi connectivity index (χ2n) is 6.80. The average Bonchev–Trinajstić information content (AvgIpc) is 3.35. The van der Waals surface area contributed by atoms with E-state index in [1.807, 2.05) is 54.7 Å². The van der Waals surface area contributed by atoms with Crippen molar-refractivity contribution in [1.29, 1.82) is 0 Å². The highest BCUT2D eigenvalue weighted by molar-refractivity contribution is 7.20. The number of para-hydroxylation sites is 1. The van der Waals surface area contributed by atoms with Crippen molar-refractivity contribution < 1.29 is 9.53 Å². The van der Waals surface area contributed by atoms with Crippen LogP contribution in [0.4, 0.5) is 5.82 Å². The number of nitrogens with one attached hydrogen (secondary N) is 1. The number of thiazole rings is 1. The monoisotopic (exact) mass is 402 g/mol. The van der Waals surface area contributed by atoms with E-state index >= 15 is 0 Å². The molecule has 1 aliphatic rings. The van der Waals surface area contributed by atoms with Gasteiger partial charge in [-0.05, 0) is 29.8 Å². The highest BCUT2D eigenvalue weighted by atomic mass is 32.1. The quantitative estimate of drug-likeness (QED) is 0.498. The third-order valence-corrected chi connectivity index (χ3v) is 5.95. The van der Waals surface area contributed by atoms with Gasteiger partial charge in [0, 0.05) is 17.9 Å². The van der Waals surface area contributed by atoms with E-state index in [0.29, 0.717) is 18.8 Å². The molecule has 1 amide bonds. The first kappa shape index (κ1) is 17.6. The molecule has 2 aromatic heterocycles. The van der Waals surface area contributed by atoms with Crippen molar-refractivity contribution in [3.05, 3.63) is 78.5 Å². The van der Waals surface area contributed by atoms with E-state index in [1.54, 1.807) is 22.1 Å². The Bertz CT molecular complexity index is 1180. The minimum absolute atomic E-state index is 0.0302. The molecule has 0 aliphatic carbocycles. The fourth-order valence-electron chi connectivity index (χ4n) is 3.56. The summed E-state index contributed by atoms with van der Waals surface area (Å²) in [4.78, 5) is 17.1. The number of ether oxygens (including phenoxy) is 1. The van der Waals surface area contributed by atoms with E-state index in [0.717, 1.165) is 32.2 Å². The molecule has 5 rings (SSSR count). The van der Waals surface area contributed by atoms with Crippen LogP contribution in [0, 0.1) is 0 Å². The smallest absolute Gasteiger partial charge is 0.226 e. The maximum atomic E-state index is 12.5. The minimum atomic E-state index is -0.0599. The Morgan fingerprint density at radius 1 is 1.24 bits per heavy atom. The molecule has 1 N–H and O–H groups in total. The van der Waals surface area contributed by atoms with Crippen LogP contribution in [-0.4, -0.2) is 27.3 Å². The molecule has 2 aromatic carbocycles. The Labute approximate surface area is 171 Å². The largest absolute Gasteiger partial charge is 0.490 e. The van der Waals surface area contributed by atoms with Gasteiger partial charge in [0.15, 0.2) is 0 Å². The van der Waals surface area contributed by atoms with Gasteiger partial charge in [0.2, 0.25) is 11.0 Å². The minimum Gasteiger partial charge on any atom is -0.490 e. The van der Waals surface area contributed by atoms with Gasteiger partial charge in [0.05, 0.1) is 16.4 Å². The standard InChI is InChI=1S/C22H18N4O2S/c1-2-11-28-15-9-7-14(8-10-15)16-12-20(27)25-21-17(16)13-23-26(21)22-24-18-5-3-4-6-19(18)29-22/h2-10,13,16H,1,11-12H2,(H,25,27). The van der Waals surface area contributed by atoms with E-state index in [1.165, 1.54) is 0 Å². The lowest BCUT2D eigenvalue weighted by Crippen LogP contribution is -2.24. The van der Waals surface area contributed by atoms with E-state index in [-0.39, 0.29) is 11.8 Å². The van der Waals surface area contributed by atoms with Gasteiger partial charge in [-0.1, -0.05) is 48.3 Å². The van der Waals surface area contributed by atoms with Crippen LogP contribution in [0.25, 0.3) is 15.3 Å². The van der Waals surface area contributed by atoms with Crippen LogP contribution in [0.2, 0.25) is 0 Å². The Morgan fingerprint density at radius 3 is 2.86 bits per heavy atom. The van der Waals surface area contributed by atoms with Crippen molar-refractivity contribution in [1.82, 2.24) is 14.8 Å². The molecule has 0 saturated carbocycles. The molecule has 4 aromatic rings. The van der Waals surface area contributed by atoms with Gasteiger partial charge < -0.3 is 10.1 Å². The number of anilines is 1. The van der Waals surface area contributed by atoms with Crippen molar-refractivity contribution in [3.63, 3.8) is 0 Å². The molecule has 0 bridgehead atoms. The number of hydrogen-bond acceptors (Lipinski definition) is 5. The molecule has 1 aliphatic heterocycles. The summed E-state index contributed by atoms with van der Waals surface area (Å²) in [5, 5.41) is 8.27. The maximum Gasteiger partial charge on any atom is 0.226 e. The first-order valence-corrected chi connectivity index (χ1v) is 10.1. The van der Waals surface area contributed by atoms with Crippen LogP contribution in [0.5, 0.6) is 5.75 Å². The van der Waals surface area contributed by atoms with Crippen LogP contribution < -0.4 is 10.1 Å². The summed E-state index contributed by atoms with van der Waals surface area (Å²) >= 11 is 1.55. The molecular formula is C22H18N4O2S. The lowest BCUT2D eigenvalue weighted by atomic mass is 9.87. The first-order chi connectivity index (χ1) is 14.2. The number of nitrogens with zero attached hydrogens (tertiary/aromatic N) is 3. The Kier molecular flexibility index (Phi) is 4.37. The first-order valence-electron chi connectivity index (χ1n) is 9.30. The number of carbonyl (C=O) groups excluding carboxylic acids is 1. The average molecular weight is 402 g/mol. The molecule has 29 heavy (non-hydrogen) atoms. The van der Waals surface area contributed by atoms with E-state index in [2.05, 4.69) is 22.0 Å². The summed E-state index contributed by atoms with van der Waals surface area (Å²) in [6.45, 7) is 4.12. The summed E-state index contributed by atoms with van der Waals surface area (Å²) in [5.74, 6) is 1.38. The zero-order valence-electron chi connectivity index (χ0n) is 15.5. The Hall–Kier alpha value is -3.45. The normalized spacial score (nSPS) is 15.7. The zero-order chi connectivity index (χ0) is 19.8. The molecule has 0 radical (unpaired) electrons. The van der Waals surface area contributed by atoms with E-state index in [4.69, 9.17) is 4.74 Å². The van der Waals surface area contributed by atoms with Crippen molar-refractivity contribution in [2.45, 2.75) is 12.3 Å². The Morgan fingerprint density at radius 2 is 2.07 bits per heavy atom. The summed E-state index contributed by atoms with van der Waals surface area (Å²) < 4.78 is 8.37. The molecule has 144 valence electrons. The maximum absolute atomic E-state index is 12.5. The zero-order valence-corrected chi connectivity index (χ0v) is 16.4. The summed E-state index contributed by atoms with van der Waals surface area (Å²) in [6.07, 6.45) is 3.92. The van der Waals surface area contributed by atoms with Gasteiger partial charge in [0.25, 0.3) is 0 Å². The molecule has 3 heterocycles. The highest BCUT2D eigenvalue weighted by Gasteiger charge is 2.31. The number of rotatable bonds is 5. The van der Waals surface area contributed by atoms with Gasteiger partial charge in [-0.15, -0.1) is 0 Å². The number of benzene rings is 2. The van der Waals surface area contributed by atoms with E-state index < -0.39 is 0 Å². The molecular weight excluding hydrogens is 384 g/mol. The number of aromatic nitrogens is 3. The van der Waals surface area contributed by atoms with Gasteiger partial charge in [0.1, 0.15) is 18.2 Å². The Balaban J connectivity index is 1.52. The van der Waals surface area contributed by atoms with Crippen molar-refractivity contribution >= 4 is 33.3 Å². The number of hydrogen-bond donors (Lipinski definition) is 1. The van der Waals surface area contributed by atoms with E-state index in [9.17, 15) is 4.79 Å². The molecule has 7 heteroatoms. The molecule has 0 spiro atoms. The molecule has 0 fully saturated rings. The third-order valence-electron chi connectivity index (χ3n) is 4.93. The van der Waals surface area contributed by atoms with Gasteiger partial charge >= 0.3 is 0 Å². The highest BCUT2D eigenvalue weighted by Crippen LogP contribution is 2.39. The van der Waals surface area contributed by atoms with Gasteiger partial charge in [-0.2, -0.15) is 9.78 Å². The van der Waals surface area contributed by atoms with Crippen LogP contribution >= 0.6 is 11.3 Å². The van der Waals surface area contributed by atoms with Gasteiger partial charge in [-0.25, -0.2) is 4.98 Å². The second kappa shape index (κ2) is 7.18. The molecule has 1 atom stereocenters. The molecule has 6 nitrogen and oxygen atoms in total. The van der Waals surface area contributed by atoms with Crippen molar-refractivity contribution in [2.24, 2.45) is 0 Å². The SMILES string of the molecule is C=CCOc1ccc(C2CC(=O)Nc3c2cnn3-c2nc3ccccc3s2)cc1. The predicted octanol–water partition coefficient (Wildman–Crippen LogP) is 4.52. The molecule has 1 unspecified atom stereocenters. The fraction of sp³-hybridized carbons (Fsp3) is 0.136. The second-order valence-corrected chi connectivity index (χ2v) is 7.81. The van der Waals surface area contributed by atoms with Crippen molar-refractivity contribution in [3.8, 4) is 10.9 Å². The number of carbonyl (C=O) groups is 1. The molecule has 0 saturated heterocycles. The lowest BCUT2D eigenvalue weighted by Gasteiger charge is -2.23. The topological polar surface area (TPSA) is 69.0 Å². The van der Waals surface area contributed by atoms with Crippen LogP contribution in [0.3, 0.4) is 0 Å². The third kappa shape index (κ3) is 3.19. The van der Waals surface area contributed by atoms with Crippen LogP contribution in [0.1, 0.15) is 23.5 Å². The number of fused-ring (bicyclic) bond motifs is 2. The summed E-state index contributed by atoms with van der Waals surface area (Å²) in [5.41, 5.74) is 2.96. The van der Waals surface area contributed by atoms with Gasteiger partial charge in [-0.3, -0.25) is 4.79 Å². The summed E-state index contributed by atoms with van der Waals surface area (Å²) in [6, 6.07) is 15.8. The van der Waals surface area contributed by atoms with Crippen LogP contribution in [0.15, 0.2) is 67.4 Å². The summed E-state index contributed by atoms with van der Waals surface area (Å²) in [7, 11) is 0. The lowest BCUT2D eigenvalue weighted by molar-refractivity contribution is -0.116. The number of amides is 1. The van der Waals surface area contributed by atoms with Crippen molar-refractivity contribution in [2.75, 3.05) is 11.9 Å².